The molecule has 0 aromatic carbocycles. The number of piperazine rings is 1. The molecule has 2 aliphatic heterocycles. The van der Waals surface area contributed by atoms with Gasteiger partial charge >= 0.3 is 235 Å². The molecule has 10 nitrogen and oxygen atoms in total. The number of alkyl halides is 2. The molecule has 3 aromatic rings. The van der Waals surface area contributed by atoms with Gasteiger partial charge in [0, 0.05) is 7.11 Å². The minimum atomic E-state index is -2.63. The number of hydrogen-bond acceptors (Lipinski definition) is 9. The first-order valence-corrected chi connectivity index (χ1v) is 16.9. The van der Waals surface area contributed by atoms with E-state index in [0.29, 0.717) is 43.0 Å². The number of carbonyl (C=O) groups excluding carboxylic acids is 1. The molecule has 0 spiro atoms. The second-order valence-corrected chi connectivity index (χ2v) is 14.2. The molecule has 5 heterocycles. The number of methoxy groups -OCH3 is 1. The Morgan fingerprint density at radius 1 is 1.24 bits per heavy atom. The van der Waals surface area contributed by atoms with Crippen molar-refractivity contribution in [3.05, 3.63) is 22.5 Å². The Hall–Kier alpha value is -2.09. The van der Waals surface area contributed by atoms with E-state index >= 15 is 0 Å². The number of nitrogens with zero attached hydrogens (tertiary/aromatic N) is 6. The molecule has 1 aliphatic carbocycles. The van der Waals surface area contributed by atoms with Crippen LogP contribution in [0.4, 0.5) is 14.5 Å². The molecule has 2 saturated heterocycles. The fraction of sp³-hybridized carbons (Fsp3) is 0.643. The molecule has 1 atom stereocenters. The van der Waals surface area contributed by atoms with Crippen LogP contribution in [0, 0.1) is 0 Å². The molecule has 6 rings (SSSR count). The molecule has 3 aromatic heterocycles. The van der Waals surface area contributed by atoms with Crippen molar-refractivity contribution in [2.24, 2.45) is 0 Å². The second-order valence-electron chi connectivity index (χ2n) is 11.3. The number of amides is 1. The predicted molar refractivity (Wildman–Crippen MR) is 159 cm³/mol. The van der Waals surface area contributed by atoms with Crippen LogP contribution in [0.3, 0.4) is 0 Å². The maximum absolute atomic E-state index is 13.5. The Labute approximate surface area is 255 Å². The van der Waals surface area contributed by atoms with Gasteiger partial charge in [-0.1, -0.05) is 13.8 Å². The quantitative estimate of drug-likeness (QED) is 0.261. The van der Waals surface area contributed by atoms with Gasteiger partial charge in [0.05, 0.1) is 0 Å². The van der Waals surface area contributed by atoms with Gasteiger partial charge in [0.1, 0.15) is 0 Å². The normalized spacial score (nSPS) is 20.0. The van der Waals surface area contributed by atoms with Crippen LogP contribution >= 0.6 is 11.9 Å². The third kappa shape index (κ3) is 6.25. The minimum absolute atomic E-state index is 0.0326. The van der Waals surface area contributed by atoms with Crippen LogP contribution in [0.1, 0.15) is 76.7 Å². The summed E-state index contributed by atoms with van der Waals surface area (Å²) >= 11 is 0.865. The average molecular weight is 671 g/mol. The Morgan fingerprint density at radius 2 is 1.93 bits per heavy atom. The SMILES string of the molecule is CC.COC(C)(C)C(=O)N1CCN(c2cc(SNC3(C)CC3)cn3c(-c4nnc(C(F)F)[se]4)c(C4CCO4)nc23)CC1. The van der Waals surface area contributed by atoms with Crippen LogP contribution in [0.15, 0.2) is 17.2 Å². The Balaban J connectivity index is 0.00000173. The fourth-order valence-electron chi connectivity index (χ4n) is 4.81. The summed E-state index contributed by atoms with van der Waals surface area (Å²) < 4.78 is 44.1. The molecule has 1 amide bonds. The van der Waals surface area contributed by atoms with Gasteiger partial charge in [-0.3, -0.25) is 0 Å². The third-order valence-electron chi connectivity index (χ3n) is 7.88. The zero-order valence-corrected chi connectivity index (χ0v) is 27.5. The van der Waals surface area contributed by atoms with Crippen molar-refractivity contribution in [2.45, 2.75) is 82.4 Å². The van der Waals surface area contributed by atoms with E-state index in [2.05, 4.69) is 32.8 Å². The number of pyridine rings is 1. The van der Waals surface area contributed by atoms with Gasteiger partial charge in [-0.15, -0.1) is 0 Å². The molecule has 1 N–H and O–H groups in total. The molecule has 0 bridgehead atoms. The van der Waals surface area contributed by atoms with E-state index in [1.165, 1.54) is 0 Å². The van der Waals surface area contributed by atoms with E-state index in [4.69, 9.17) is 14.5 Å². The van der Waals surface area contributed by atoms with Gasteiger partial charge in [0.2, 0.25) is 0 Å². The zero-order valence-electron chi connectivity index (χ0n) is 24.9. The summed E-state index contributed by atoms with van der Waals surface area (Å²) in [4.78, 5) is 23.1. The zero-order chi connectivity index (χ0) is 30.2. The number of anilines is 1. The first-order chi connectivity index (χ1) is 20.1. The Bertz CT molecular complexity index is 1420. The van der Waals surface area contributed by atoms with Crippen LogP contribution in [0.25, 0.3) is 15.9 Å². The maximum atomic E-state index is 13.5. The number of fused-ring (bicyclic) bond motifs is 1. The molecular formula is C28H39F2N7O3SSe. The molecule has 230 valence electrons. The first kappa shape index (κ1) is 31.3. The standard InChI is InChI=1S/C26H33F2N7O3SSe.C2H6/c1-25(2,37-4)24(36)34-10-8-33(9-11-34)16-13-15(39-32-26(3)6-7-26)14-35-19(22-30-31-23(40-22)20(27)28)18(29-21(16)35)17-5-12-38-17;1-2/h13-14,17,20,32H,5-12H2,1-4H3;1-2H3. The number of hydrogen-bond donors (Lipinski definition) is 1. The Kier molecular flexibility index (Phi) is 9.32. The van der Waals surface area contributed by atoms with E-state index in [1.54, 1.807) is 32.9 Å². The number of halogens is 2. The molecule has 14 heteroatoms. The van der Waals surface area contributed by atoms with E-state index in [9.17, 15) is 13.6 Å². The first-order valence-electron chi connectivity index (χ1n) is 14.4. The summed E-state index contributed by atoms with van der Waals surface area (Å²) in [7, 11) is 1.55. The van der Waals surface area contributed by atoms with E-state index in [0.717, 1.165) is 41.2 Å². The van der Waals surface area contributed by atoms with Crippen molar-refractivity contribution in [1.29, 1.82) is 0 Å². The van der Waals surface area contributed by atoms with Gasteiger partial charge in [-0.05, 0) is 0 Å². The van der Waals surface area contributed by atoms with Gasteiger partial charge in [-0.2, -0.15) is 0 Å². The summed E-state index contributed by atoms with van der Waals surface area (Å²) in [6.07, 6.45) is 2.22. The number of aromatic nitrogens is 4. The fourth-order valence-corrected chi connectivity index (χ4v) is 7.28. The summed E-state index contributed by atoms with van der Waals surface area (Å²) in [6.45, 7) is 12.8. The van der Waals surface area contributed by atoms with Crippen molar-refractivity contribution in [3.63, 3.8) is 0 Å². The van der Waals surface area contributed by atoms with Crippen molar-refractivity contribution in [1.82, 2.24) is 29.2 Å². The number of ether oxygens (including phenoxy) is 2. The third-order valence-corrected chi connectivity index (χ3v) is 10.9. The van der Waals surface area contributed by atoms with Crippen molar-refractivity contribution >= 4 is 43.7 Å². The van der Waals surface area contributed by atoms with Crippen molar-refractivity contribution < 1.29 is 23.0 Å². The van der Waals surface area contributed by atoms with E-state index in [1.807, 2.05) is 29.3 Å². The summed E-state index contributed by atoms with van der Waals surface area (Å²) in [5.74, 6) is -0.0326. The number of imidazole rings is 1. The molecule has 1 saturated carbocycles. The summed E-state index contributed by atoms with van der Waals surface area (Å²) in [6, 6.07) is 2.13. The average Bonchev–Trinajstić information content (AvgIpc) is 3.33. The van der Waals surface area contributed by atoms with Gasteiger partial charge in [0.15, 0.2) is 0 Å². The molecule has 3 aliphatic rings. The van der Waals surface area contributed by atoms with Crippen molar-refractivity contribution in [2.75, 3.05) is 44.8 Å². The molecule has 0 radical (unpaired) electrons. The van der Waals surface area contributed by atoms with Crippen LogP contribution in [0.2, 0.25) is 0 Å². The van der Waals surface area contributed by atoms with E-state index < -0.39 is 26.5 Å². The van der Waals surface area contributed by atoms with E-state index in [-0.39, 0.29) is 22.1 Å². The Morgan fingerprint density at radius 3 is 2.48 bits per heavy atom. The summed E-state index contributed by atoms with van der Waals surface area (Å²) in [5.41, 5.74) is 2.31. The molecular weight excluding hydrogens is 631 g/mol. The predicted octanol–water partition coefficient (Wildman–Crippen LogP) is 4.50. The number of carbonyl (C=O) groups is 1. The van der Waals surface area contributed by atoms with Crippen LogP contribution in [0.5, 0.6) is 0 Å². The molecule has 3 fully saturated rings. The van der Waals surface area contributed by atoms with Gasteiger partial charge in [0.25, 0.3) is 0 Å². The number of nitrogens with one attached hydrogen (secondary N) is 1. The van der Waals surface area contributed by atoms with Crippen LogP contribution in [-0.2, 0) is 14.3 Å². The second kappa shape index (κ2) is 12.5. The van der Waals surface area contributed by atoms with Gasteiger partial charge < -0.3 is 0 Å². The topological polar surface area (TPSA) is 97.1 Å². The van der Waals surface area contributed by atoms with Gasteiger partial charge in [-0.25, -0.2) is 0 Å². The van der Waals surface area contributed by atoms with Crippen LogP contribution in [-0.4, -0.2) is 95.9 Å². The molecule has 42 heavy (non-hydrogen) atoms. The number of rotatable bonds is 9. The molecule has 1 unspecified atom stereocenters. The monoisotopic (exact) mass is 671 g/mol. The summed E-state index contributed by atoms with van der Waals surface area (Å²) in [5, 5.41) is 8.02. The van der Waals surface area contributed by atoms with Crippen LogP contribution < -0.4 is 9.62 Å². The van der Waals surface area contributed by atoms with Crippen molar-refractivity contribution in [3.8, 4) is 10.3 Å².